The Balaban J connectivity index is 1.94. The minimum atomic E-state index is -0.600. The van der Waals surface area contributed by atoms with Gasteiger partial charge in [-0.25, -0.2) is 9.59 Å². The third-order valence-corrected chi connectivity index (χ3v) is 4.82. The summed E-state index contributed by atoms with van der Waals surface area (Å²) in [5.74, 6) is -0.388. The number of hydrogen-bond donors (Lipinski definition) is 0. The van der Waals surface area contributed by atoms with Gasteiger partial charge in [-0.2, -0.15) is 0 Å². The molecule has 1 saturated heterocycles. The molecule has 0 radical (unpaired) electrons. The van der Waals surface area contributed by atoms with Crippen LogP contribution in [0.25, 0.3) is 0 Å². The van der Waals surface area contributed by atoms with Crippen LogP contribution in [0, 0.1) is 0 Å². The van der Waals surface area contributed by atoms with Gasteiger partial charge >= 0.3 is 12.1 Å². The lowest BCUT2D eigenvalue weighted by atomic mass is 10.1. The van der Waals surface area contributed by atoms with Crippen LogP contribution >= 0.6 is 0 Å². The molecule has 0 aromatic heterocycles. The molecular formula is C21H32N2O4. The lowest BCUT2D eigenvalue weighted by molar-refractivity contribution is -0.145. The highest BCUT2D eigenvalue weighted by Crippen LogP contribution is 2.25. The first kappa shape index (κ1) is 21.2. The van der Waals surface area contributed by atoms with Crippen LogP contribution in [-0.2, 0) is 20.7 Å². The maximum Gasteiger partial charge on any atom is 0.411 e. The molecule has 2 atom stereocenters. The molecule has 0 bridgehead atoms. The summed E-state index contributed by atoms with van der Waals surface area (Å²) in [6, 6.07) is 9.90. The molecule has 1 amide bonds. The third-order valence-electron chi connectivity index (χ3n) is 4.82. The number of aryl methyl sites for hydroxylation is 1. The predicted molar refractivity (Wildman–Crippen MR) is 105 cm³/mol. The molecule has 1 heterocycles. The van der Waals surface area contributed by atoms with Crippen molar-refractivity contribution in [3.63, 3.8) is 0 Å². The predicted octanol–water partition coefficient (Wildman–Crippen LogP) is 3.10. The van der Waals surface area contributed by atoms with Gasteiger partial charge in [-0.05, 0) is 59.2 Å². The van der Waals surface area contributed by atoms with Gasteiger partial charge in [0.2, 0.25) is 0 Å². The van der Waals surface area contributed by atoms with E-state index in [9.17, 15) is 9.59 Å². The van der Waals surface area contributed by atoms with Crippen molar-refractivity contribution in [2.45, 2.75) is 57.7 Å². The number of carbonyl (C=O) groups is 2. The van der Waals surface area contributed by atoms with Crippen LogP contribution in [0.15, 0.2) is 30.3 Å². The number of esters is 1. The standard InChI is InChI=1S/C21H32N2O4/c1-21(2,3)27-20(25)23-15-17(14-18(23)19(24)26-5)22(4)13-9-12-16-10-7-6-8-11-16/h6-8,10-11,17-18H,9,12-15H2,1-5H3. The highest BCUT2D eigenvalue weighted by Gasteiger charge is 2.43. The molecule has 1 aliphatic heterocycles. The average Bonchev–Trinajstić information content (AvgIpc) is 3.06. The van der Waals surface area contributed by atoms with E-state index in [4.69, 9.17) is 9.47 Å². The molecule has 2 rings (SSSR count). The number of carbonyl (C=O) groups excluding carboxylic acids is 2. The van der Waals surface area contributed by atoms with Crippen molar-refractivity contribution in [1.29, 1.82) is 0 Å². The van der Waals surface area contributed by atoms with Gasteiger partial charge in [0.15, 0.2) is 0 Å². The number of amides is 1. The Bertz CT molecular complexity index is 627. The molecule has 0 N–H and O–H groups in total. The maximum absolute atomic E-state index is 12.5. The van der Waals surface area contributed by atoms with Crippen molar-refractivity contribution in [2.75, 3.05) is 27.2 Å². The van der Waals surface area contributed by atoms with E-state index in [0.29, 0.717) is 13.0 Å². The third kappa shape index (κ3) is 6.24. The quantitative estimate of drug-likeness (QED) is 0.714. The van der Waals surface area contributed by atoms with Gasteiger partial charge in [-0.1, -0.05) is 30.3 Å². The lowest BCUT2D eigenvalue weighted by Crippen LogP contribution is -2.44. The van der Waals surface area contributed by atoms with E-state index in [1.54, 1.807) is 0 Å². The summed E-state index contributed by atoms with van der Waals surface area (Å²) in [4.78, 5) is 28.4. The van der Waals surface area contributed by atoms with Crippen molar-refractivity contribution in [3.8, 4) is 0 Å². The number of nitrogens with zero attached hydrogens (tertiary/aromatic N) is 2. The fraction of sp³-hybridized carbons (Fsp3) is 0.619. The zero-order valence-electron chi connectivity index (χ0n) is 17.1. The van der Waals surface area contributed by atoms with Crippen LogP contribution in [0.5, 0.6) is 0 Å². The summed E-state index contributed by atoms with van der Waals surface area (Å²) in [6.45, 7) is 6.83. The molecular weight excluding hydrogens is 344 g/mol. The lowest BCUT2D eigenvalue weighted by Gasteiger charge is -2.28. The van der Waals surface area contributed by atoms with E-state index in [1.807, 2.05) is 33.9 Å². The summed E-state index contributed by atoms with van der Waals surface area (Å²) in [5, 5.41) is 0. The van der Waals surface area contributed by atoms with E-state index in [1.165, 1.54) is 17.6 Å². The van der Waals surface area contributed by atoms with Crippen LogP contribution in [0.3, 0.4) is 0 Å². The van der Waals surface area contributed by atoms with Crippen LogP contribution in [0.4, 0.5) is 4.79 Å². The van der Waals surface area contributed by atoms with E-state index >= 15 is 0 Å². The highest BCUT2D eigenvalue weighted by atomic mass is 16.6. The van der Waals surface area contributed by atoms with Crippen LogP contribution in [0.1, 0.15) is 39.2 Å². The molecule has 1 aromatic rings. The summed E-state index contributed by atoms with van der Waals surface area (Å²) in [6.07, 6.45) is 2.13. The SMILES string of the molecule is COC(=O)C1CC(N(C)CCCc2ccccc2)CN1C(=O)OC(C)(C)C. The van der Waals surface area contributed by atoms with E-state index < -0.39 is 17.7 Å². The summed E-state index contributed by atoms with van der Waals surface area (Å²) < 4.78 is 10.4. The monoisotopic (exact) mass is 376 g/mol. The number of hydrogen-bond acceptors (Lipinski definition) is 5. The number of likely N-dealkylation sites (N-methyl/N-ethyl adjacent to an activating group) is 1. The number of likely N-dealkylation sites (tertiary alicyclic amines) is 1. The molecule has 27 heavy (non-hydrogen) atoms. The molecule has 1 aliphatic rings. The second-order valence-corrected chi connectivity index (χ2v) is 8.13. The van der Waals surface area contributed by atoms with Gasteiger partial charge in [-0.3, -0.25) is 4.90 Å². The Hall–Kier alpha value is -2.08. The number of benzene rings is 1. The molecule has 0 aliphatic carbocycles. The number of rotatable bonds is 6. The minimum absolute atomic E-state index is 0.109. The van der Waals surface area contributed by atoms with E-state index in [0.717, 1.165) is 19.4 Å². The molecule has 1 aromatic carbocycles. The fourth-order valence-electron chi connectivity index (χ4n) is 3.37. The Labute approximate surface area is 162 Å². The Morgan fingerprint density at radius 3 is 2.48 bits per heavy atom. The van der Waals surface area contributed by atoms with Crippen LogP contribution < -0.4 is 0 Å². The van der Waals surface area contributed by atoms with Crippen molar-refractivity contribution in [2.24, 2.45) is 0 Å². The zero-order valence-corrected chi connectivity index (χ0v) is 17.1. The Morgan fingerprint density at radius 2 is 1.89 bits per heavy atom. The van der Waals surface area contributed by atoms with E-state index in [2.05, 4.69) is 29.2 Å². The first-order chi connectivity index (χ1) is 12.7. The topological polar surface area (TPSA) is 59.1 Å². The largest absolute Gasteiger partial charge is 0.467 e. The fourth-order valence-corrected chi connectivity index (χ4v) is 3.37. The molecule has 1 fully saturated rings. The van der Waals surface area contributed by atoms with E-state index in [-0.39, 0.29) is 12.0 Å². The summed E-state index contributed by atoms with van der Waals surface area (Å²) in [5.41, 5.74) is 0.720. The van der Waals surface area contributed by atoms with Gasteiger partial charge in [0.25, 0.3) is 0 Å². The molecule has 0 spiro atoms. The van der Waals surface area contributed by atoms with Crippen LogP contribution in [-0.4, -0.2) is 66.8 Å². The van der Waals surface area contributed by atoms with Gasteiger partial charge in [-0.15, -0.1) is 0 Å². The maximum atomic E-state index is 12.5. The highest BCUT2D eigenvalue weighted by molar-refractivity contribution is 5.82. The average molecular weight is 376 g/mol. The molecule has 150 valence electrons. The van der Waals surface area contributed by atoms with Crippen molar-refractivity contribution in [3.05, 3.63) is 35.9 Å². The minimum Gasteiger partial charge on any atom is -0.467 e. The molecule has 6 heteroatoms. The molecule has 0 saturated carbocycles. The second-order valence-electron chi connectivity index (χ2n) is 8.13. The first-order valence-corrected chi connectivity index (χ1v) is 9.53. The van der Waals surface area contributed by atoms with Gasteiger partial charge < -0.3 is 14.4 Å². The zero-order chi connectivity index (χ0) is 20.0. The number of methoxy groups -OCH3 is 1. The molecule has 2 unspecified atom stereocenters. The molecule has 6 nitrogen and oxygen atoms in total. The number of ether oxygens (including phenoxy) is 2. The van der Waals surface area contributed by atoms with Gasteiger partial charge in [0, 0.05) is 12.6 Å². The normalized spacial score (nSPS) is 20.0. The summed E-state index contributed by atoms with van der Waals surface area (Å²) in [7, 11) is 3.40. The van der Waals surface area contributed by atoms with Crippen molar-refractivity contribution in [1.82, 2.24) is 9.80 Å². The van der Waals surface area contributed by atoms with Crippen molar-refractivity contribution < 1.29 is 19.1 Å². The Kier molecular flexibility index (Phi) is 7.25. The van der Waals surface area contributed by atoms with Crippen molar-refractivity contribution >= 4 is 12.1 Å². The smallest absolute Gasteiger partial charge is 0.411 e. The summed E-state index contributed by atoms with van der Waals surface area (Å²) >= 11 is 0. The van der Waals surface area contributed by atoms with Crippen LogP contribution in [0.2, 0.25) is 0 Å². The first-order valence-electron chi connectivity index (χ1n) is 9.53. The second kappa shape index (κ2) is 9.22. The van der Waals surface area contributed by atoms with Gasteiger partial charge in [0.05, 0.1) is 7.11 Å². The Morgan fingerprint density at radius 1 is 1.22 bits per heavy atom. The van der Waals surface area contributed by atoms with Gasteiger partial charge in [0.1, 0.15) is 11.6 Å².